The molecule has 0 saturated carbocycles. The van der Waals surface area contributed by atoms with Gasteiger partial charge in [-0.25, -0.2) is 4.57 Å². The molecule has 3 N–H and O–H groups in total. The Morgan fingerprint density at radius 3 is 1.51 bits per heavy atom. The van der Waals surface area contributed by atoms with E-state index in [-0.39, 0.29) is 19.4 Å². The Morgan fingerprint density at radius 2 is 0.981 bits per heavy atom. The summed E-state index contributed by atoms with van der Waals surface area (Å²) in [6.45, 7) is 2.32. The van der Waals surface area contributed by atoms with Gasteiger partial charge in [0.05, 0.1) is 19.8 Å². The van der Waals surface area contributed by atoms with Crippen molar-refractivity contribution in [3.8, 4) is 0 Å². The molecule has 0 aliphatic carbocycles. The number of rotatable bonds is 39. The zero-order valence-electron chi connectivity index (χ0n) is 33.5. The van der Waals surface area contributed by atoms with Crippen molar-refractivity contribution in [2.24, 2.45) is 0 Å². The van der Waals surface area contributed by atoms with E-state index in [1.807, 2.05) is 0 Å². The highest BCUT2D eigenvalue weighted by Crippen LogP contribution is 2.43. The highest BCUT2D eigenvalue weighted by molar-refractivity contribution is 7.47. The van der Waals surface area contributed by atoms with E-state index in [0.717, 1.165) is 70.6 Å². The minimum Gasteiger partial charge on any atom is -0.462 e. The van der Waals surface area contributed by atoms with Gasteiger partial charge in [-0.05, 0) is 70.6 Å². The molecule has 3 atom stereocenters. The predicted octanol–water partition coefficient (Wildman–Crippen LogP) is 10.8. The van der Waals surface area contributed by atoms with Gasteiger partial charge in [-0.1, -0.05) is 134 Å². The number of hydrogen-bond donors (Lipinski definition) is 3. The molecule has 0 fully saturated rings. The summed E-state index contributed by atoms with van der Waals surface area (Å²) in [6.07, 6.45) is 38.2. The van der Waals surface area contributed by atoms with Crippen molar-refractivity contribution in [1.82, 2.24) is 0 Å². The zero-order chi connectivity index (χ0) is 39.1. The van der Waals surface area contributed by atoms with Crippen molar-refractivity contribution < 1.29 is 47.8 Å². The lowest BCUT2D eigenvalue weighted by atomic mass is 10.1. The van der Waals surface area contributed by atoms with E-state index in [1.165, 1.54) is 70.6 Å². The largest absolute Gasteiger partial charge is 0.472 e. The van der Waals surface area contributed by atoms with Gasteiger partial charge in [0.2, 0.25) is 0 Å². The summed E-state index contributed by atoms with van der Waals surface area (Å²) in [7, 11) is -4.62. The van der Waals surface area contributed by atoms with Crippen LogP contribution in [0.2, 0.25) is 0 Å². The van der Waals surface area contributed by atoms with Crippen LogP contribution in [0.25, 0.3) is 0 Å². The lowest BCUT2D eigenvalue weighted by molar-refractivity contribution is -0.161. The van der Waals surface area contributed by atoms with Crippen LogP contribution in [0, 0.1) is 0 Å². The Kier molecular flexibility index (Phi) is 37.2. The summed E-state index contributed by atoms with van der Waals surface area (Å²) in [6, 6.07) is 0. The molecule has 310 valence electrons. The number of allylic oxidation sites excluding steroid dienone is 6. The Bertz CT molecular complexity index is 983. The predicted molar refractivity (Wildman–Crippen MR) is 214 cm³/mol. The monoisotopic (exact) mass is 773 g/mol. The average Bonchev–Trinajstić information content (AvgIpc) is 3.14. The number of ether oxygens (including phenoxy) is 2. The molecule has 0 aromatic rings. The fourth-order valence-electron chi connectivity index (χ4n) is 5.49. The minimum absolute atomic E-state index is 0.176. The molecule has 0 amide bonds. The Balaban J connectivity index is 4.35. The number of hydrogen-bond acceptors (Lipinski definition) is 9. The second kappa shape index (κ2) is 38.5. The van der Waals surface area contributed by atoms with E-state index in [9.17, 15) is 24.2 Å². The molecule has 10 nitrogen and oxygen atoms in total. The molecule has 0 spiro atoms. The third-order valence-corrected chi connectivity index (χ3v) is 9.72. The molecule has 1 unspecified atom stereocenters. The summed E-state index contributed by atoms with van der Waals surface area (Å²) in [5.41, 5.74) is 0. The van der Waals surface area contributed by atoms with Gasteiger partial charge in [-0.2, -0.15) is 0 Å². The number of aliphatic hydroxyl groups excluding tert-OH is 2. The first-order chi connectivity index (χ1) is 25.7. The summed E-state index contributed by atoms with van der Waals surface area (Å²) < 4.78 is 32.7. The summed E-state index contributed by atoms with van der Waals surface area (Å²) in [4.78, 5) is 34.9. The highest BCUT2D eigenvalue weighted by atomic mass is 31.2. The minimum atomic E-state index is -4.62. The molecular formula is C42H77O10P. The quantitative estimate of drug-likeness (QED) is 0.0238. The Labute approximate surface area is 322 Å². The molecule has 11 heteroatoms. The van der Waals surface area contributed by atoms with Gasteiger partial charge < -0.3 is 24.6 Å². The zero-order valence-corrected chi connectivity index (χ0v) is 34.4. The van der Waals surface area contributed by atoms with Crippen LogP contribution in [0.5, 0.6) is 0 Å². The van der Waals surface area contributed by atoms with Crippen molar-refractivity contribution in [1.29, 1.82) is 0 Å². The second-order valence-corrected chi connectivity index (χ2v) is 15.5. The van der Waals surface area contributed by atoms with Gasteiger partial charge in [-0.3, -0.25) is 18.6 Å². The Morgan fingerprint density at radius 1 is 0.566 bits per heavy atom. The maximum atomic E-state index is 12.6. The van der Waals surface area contributed by atoms with Gasteiger partial charge in [-0.15, -0.1) is 0 Å². The van der Waals surface area contributed by atoms with E-state index in [0.29, 0.717) is 12.8 Å². The number of phosphoric acid groups is 1. The molecule has 0 bridgehead atoms. The van der Waals surface area contributed by atoms with Crippen LogP contribution >= 0.6 is 7.82 Å². The number of phosphoric ester groups is 1. The number of carbonyl (C=O) groups excluding carboxylic acids is 2. The van der Waals surface area contributed by atoms with E-state index < -0.39 is 51.8 Å². The third-order valence-electron chi connectivity index (χ3n) is 8.77. The molecule has 0 aromatic heterocycles. The van der Waals surface area contributed by atoms with Crippen LogP contribution in [0.15, 0.2) is 36.5 Å². The lowest BCUT2D eigenvalue weighted by Crippen LogP contribution is -2.29. The first-order valence-electron chi connectivity index (χ1n) is 20.9. The van der Waals surface area contributed by atoms with Crippen molar-refractivity contribution in [3.63, 3.8) is 0 Å². The van der Waals surface area contributed by atoms with E-state index >= 15 is 0 Å². The van der Waals surface area contributed by atoms with Crippen molar-refractivity contribution in [2.75, 3.05) is 26.4 Å². The lowest BCUT2D eigenvalue weighted by Gasteiger charge is -2.20. The van der Waals surface area contributed by atoms with Crippen LogP contribution in [0.3, 0.4) is 0 Å². The van der Waals surface area contributed by atoms with E-state index in [1.54, 1.807) is 0 Å². The highest BCUT2D eigenvalue weighted by Gasteiger charge is 2.27. The molecule has 0 radical (unpaired) electrons. The average molecular weight is 773 g/mol. The second-order valence-electron chi connectivity index (χ2n) is 14.0. The van der Waals surface area contributed by atoms with Crippen LogP contribution in [-0.4, -0.2) is 65.7 Å². The normalized spacial score (nSPS) is 14.3. The van der Waals surface area contributed by atoms with Crippen LogP contribution in [0.4, 0.5) is 0 Å². The molecule has 0 saturated heterocycles. The summed E-state index contributed by atoms with van der Waals surface area (Å²) in [5.74, 6) is -0.945. The van der Waals surface area contributed by atoms with Gasteiger partial charge >= 0.3 is 19.8 Å². The van der Waals surface area contributed by atoms with Gasteiger partial charge in [0.1, 0.15) is 12.7 Å². The standard InChI is InChI=1S/C42H77O10P/c1-3-5-7-9-11-13-15-17-19-21-23-25-27-29-31-33-41(45)49-37-40(38-51-53(47,48)50-36-39(44)35-43)52-42(46)34-32-30-28-26-24-22-20-18-16-14-12-10-8-6-4-2/h11,13-14,16-17,19,39-40,43-44H,3-10,12,15,18,20-38H2,1-2H3,(H,47,48)/t39-,40+/m0/s1. The van der Waals surface area contributed by atoms with Gasteiger partial charge in [0, 0.05) is 12.8 Å². The number of aliphatic hydroxyl groups is 2. The maximum absolute atomic E-state index is 12.6. The molecular weight excluding hydrogens is 695 g/mol. The van der Waals surface area contributed by atoms with Gasteiger partial charge in [0.25, 0.3) is 0 Å². The number of carbonyl (C=O) groups is 2. The molecule has 0 aliphatic rings. The molecule has 0 aliphatic heterocycles. The van der Waals surface area contributed by atoms with E-state index in [2.05, 4.69) is 54.8 Å². The third kappa shape index (κ3) is 38.3. The first-order valence-corrected chi connectivity index (χ1v) is 22.4. The number of unbranched alkanes of at least 4 members (excludes halogenated alkanes) is 19. The fourth-order valence-corrected chi connectivity index (χ4v) is 6.28. The smallest absolute Gasteiger partial charge is 0.462 e. The van der Waals surface area contributed by atoms with Crippen molar-refractivity contribution in [2.45, 2.75) is 193 Å². The topological polar surface area (TPSA) is 149 Å². The fraction of sp³-hybridized carbons (Fsp3) is 0.810. The molecule has 0 rings (SSSR count). The Hall–Kier alpha value is -1.81. The van der Waals surface area contributed by atoms with E-state index in [4.69, 9.17) is 19.1 Å². The van der Waals surface area contributed by atoms with Crippen molar-refractivity contribution in [3.05, 3.63) is 36.5 Å². The summed E-state index contributed by atoms with van der Waals surface area (Å²) in [5, 5.41) is 18.3. The molecule has 0 heterocycles. The van der Waals surface area contributed by atoms with Crippen LogP contribution in [-0.2, 0) is 32.7 Å². The van der Waals surface area contributed by atoms with Crippen LogP contribution in [0.1, 0.15) is 181 Å². The first kappa shape index (κ1) is 51.2. The number of esters is 2. The molecule has 0 aromatic carbocycles. The SMILES string of the molecule is CCCCCC=CCC=CCCCCCCCC(=O)OC[C@H](COP(=O)(O)OC[C@@H](O)CO)OC(=O)CCCCCCCCCC=CCCCCCC. The van der Waals surface area contributed by atoms with Gasteiger partial charge in [0.15, 0.2) is 6.10 Å². The maximum Gasteiger partial charge on any atom is 0.472 e. The molecule has 53 heavy (non-hydrogen) atoms. The van der Waals surface area contributed by atoms with Crippen LogP contribution < -0.4 is 0 Å². The summed E-state index contributed by atoms with van der Waals surface area (Å²) >= 11 is 0. The van der Waals surface area contributed by atoms with Crippen molar-refractivity contribution >= 4 is 19.8 Å².